The lowest BCUT2D eigenvalue weighted by molar-refractivity contribution is -0.120. The minimum Gasteiger partial charge on any atom is -0.353 e. The van der Waals surface area contributed by atoms with Gasteiger partial charge in [0.1, 0.15) is 0 Å². The summed E-state index contributed by atoms with van der Waals surface area (Å²) in [5, 5.41) is 3.13. The number of likely N-dealkylation sites (N-methyl/N-ethyl adjacent to an activating group) is 1. The molecule has 2 bridgehead atoms. The number of piperazine rings is 1. The number of hydrogen-bond donors (Lipinski definition) is 1. The Morgan fingerprint density at radius 2 is 1.70 bits per heavy atom. The third-order valence-electron chi connectivity index (χ3n) is 5.66. The molecule has 5 nitrogen and oxygen atoms in total. The first-order valence-electron chi connectivity index (χ1n) is 9.61. The van der Waals surface area contributed by atoms with Crippen LogP contribution in [0.3, 0.4) is 0 Å². The molecule has 1 N–H and O–H groups in total. The zero-order valence-electron chi connectivity index (χ0n) is 15.6. The van der Waals surface area contributed by atoms with Gasteiger partial charge in [-0.05, 0) is 25.3 Å². The van der Waals surface area contributed by atoms with E-state index in [1.54, 1.807) is 6.92 Å². The second-order valence-electron chi connectivity index (χ2n) is 6.96. The van der Waals surface area contributed by atoms with Crippen molar-refractivity contribution in [3.63, 3.8) is 0 Å². The van der Waals surface area contributed by atoms with Gasteiger partial charge in [0.05, 0.1) is 0 Å². The predicted molar refractivity (Wildman–Crippen MR) is 95.6 cm³/mol. The normalized spacial score (nSPS) is 31.7. The molecule has 134 valence electrons. The highest BCUT2D eigenvalue weighted by Gasteiger charge is 2.44. The molecular formula is C18H36N4O. The molecule has 1 saturated carbocycles. The molecule has 23 heavy (non-hydrogen) atoms. The molecule has 0 aromatic carbocycles. The maximum atomic E-state index is 11.2. The fourth-order valence-corrected chi connectivity index (χ4v) is 4.36. The van der Waals surface area contributed by atoms with Crippen molar-refractivity contribution >= 4 is 5.91 Å². The quantitative estimate of drug-likeness (QED) is 0.826. The van der Waals surface area contributed by atoms with E-state index in [0.29, 0.717) is 18.0 Å². The number of nitrogens with one attached hydrogen (secondary N) is 1. The molecule has 2 heterocycles. The molecule has 3 aliphatic rings. The van der Waals surface area contributed by atoms with Gasteiger partial charge in [-0.25, -0.2) is 0 Å². The summed E-state index contributed by atoms with van der Waals surface area (Å²) in [6, 6.07) is 1.15. The van der Waals surface area contributed by atoms with Crippen LogP contribution in [0.5, 0.6) is 0 Å². The summed E-state index contributed by atoms with van der Waals surface area (Å²) in [5.41, 5.74) is 0. The van der Waals surface area contributed by atoms with Gasteiger partial charge in [-0.15, -0.1) is 0 Å². The van der Waals surface area contributed by atoms with Gasteiger partial charge < -0.3 is 10.2 Å². The van der Waals surface area contributed by atoms with E-state index in [4.69, 9.17) is 0 Å². The number of rotatable bonds is 5. The van der Waals surface area contributed by atoms with Gasteiger partial charge in [-0.1, -0.05) is 20.8 Å². The lowest BCUT2D eigenvalue weighted by Crippen LogP contribution is -2.50. The molecule has 5 heteroatoms. The fourth-order valence-electron chi connectivity index (χ4n) is 4.36. The molecule has 0 aromatic heterocycles. The van der Waals surface area contributed by atoms with E-state index < -0.39 is 0 Å². The van der Waals surface area contributed by atoms with Crippen LogP contribution in [0.2, 0.25) is 0 Å². The standard InChI is InChI=1S/C16H30N4O.C2H6/c1-3-18-4-6-19(7-5-18)8-9-20-12-14-10-15(20)11-16(14)17-13(2)21;1-2/h14-16H,3-12H2,1-2H3,(H,17,21);1-2H3. The van der Waals surface area contributed by atoms with Crippen LogP contribution >= 0.6 is 0 Å². The van der Waals surface area contributed by atoms with Crippen molar-refractivity contribution in [2.45, 2.75) is 52.6 Å². The second kappa shape index (κ2) is 9.00. The summed E-state index contributed by atoms with van der Waals surface area (Å²) in [5.74, 6) is 0.823. The fraction of sp³-hybridized carbons (Fsp3) is 0.944. The van der Waals surface area contributed by atoms with Crippen LogP contribution in [-0.4, -0.2) is 85.0 Å². The van der Waals surface area contributed by atoms with Gasteiger partial charge in [0.25, 0.3) is 0 Å². The Bertz CT molecular complexity index is 368. The van der Waals surface area contributed by atoms with Crippen molar-refractivity contribution in [1.82, 2.24) is 20.0 Å². The molecule has 3 rings (SSSR count). The lowest BCUT2D eigenvalue weighted by atomic mass is 10.0. The summed E-state index contributed by atoms with van der Waals surface area (Å²) in [4.78, 5) is 19.0. The highest BCUT2D eigenvalue weighted by atomic mass is 16.1. The molecule has 2 aliphatic heterocycles. The Labute approximate surface area is 142 Å². The molecule has 1 aliphatic carbocycles. The van der Waals surface area contributed by atoms with Crippen LogP contribution in [0, 0.1) is 5.92 Å². The topological polar surface area (TPSA) is 38.8 Å². The minimum absolute atomic E-state index is 0.132. The summed E-state index contributed by atoms with van der Waals surface area (Å²) < 4.78 is 0. The van der Waals surface area contributed by atoms with E-state index in [1.807, 2.05) is 13.8 Å². The van der Waals surface area contributed by atoms with Crippen molar-refractivity contribution in [2.24, 2.45) is 5.92 Å². The van der Waals surface area contributed by atoms with Gasteiger partial charge >= 0.3 is 0 Å². The zero-order chi connectivity index (χ0) is 16.8. The first kappa shape index (κ1) is 18.7. The third kappa shape index (κ3) is 4.91. The number of carbonyl (C=O) groups is 1. The molecule has 0 radical (unpaired) electrons. The number of carbonyl (C=O) groups excluding carboxylic acids is 1. The highest BCUT2D eigenvalue weighted by molar-refractivity contribution is 5.73. The monoisotopic (exact) mass is 324 g/mol. The number of likely N-dealkylation sites (tertiary alicyclic amines) is 1. The van der Waals surface area contributed by atoms with E-state index in [2.05, 4.69) is 26.9 Å². The van der Waals surface area contributed by atoms with E-state index >= 15 is 0 Å². The van der Waals surface area contributed by atoms with Crippen LogP contribution in [0.15, 0.2) is 0 Å². The van der Waals surface area contributed by atoms with Crippen LogP contribution in [-0.2, 0) is 4.79 Å². The Hall–Kier alpha value is -0.650. The minimum atomic E-state index is 0.132. The van der Waals surface area contributed by atoms with Crippen LogP contribution in [0.1, 0.15) is 40.5 Å². The smallest absolute Gasteiger partial charge is 0.217 e. The lowest BCUT2D eigenvalue weighted by Gasteiger charge is -2.37. The summed E-state index contributed by atoms with van der Waals surface area (Å²) in [6.07, 6.45) is 2.45. The van der Waals surface area contributed by atoms with Gasteiger partial charge in [0.2, 0.25) is 5.91 Å². The summed E-state index contributed by atoms with van der Waals surface area (Å²) in [7, 11) is 0. The Morgan fingerprint density at radius 1 is 1.04 bits per heavy atom. The van der Waals surface area contributed by atoms with Crippen molar-refractivity contribution in [1.29, 1.82) is 0 Å². The van der Waals surface area contributed by atoms with Gasteiger partial charge in [0, 0.05) is 64.8 Å². The number of amides is 1. The summed E-state index contributed by atoms with van der Waals surface area (Å²) in [6.45, 7) is 17.6. The van der Waals surface area contributed by atoms with E-state index in [-0.39, 0.29) is 5.91 Å². The molecule has 3 fully saturated rings. The van der Waals surface area contributed by atoms with Crippen molar-refractivity contribution < 1.29 is 4.79 Å². The van der Waals surface area contributed by atoms with Crippen LogP contribution in [0.25, 0.3) is 0 Å². The average Bonchev–Trinajstić information content (AvgIpc) is 3.14. The first-order valence-corrected chi connectivity index (χ1v) is 9.61. The highest BCUT2D eigenvalue weighted by Crippen LogP contribution is 2.37. The van der Waals surface area contributed by atoms with E-state index in [9.17, 15) is 4.79 Å². The molecule has 2 saturated heterocycles. The van der Waals surface area contributed by atoms with Crippen molar-refractivity contribution in [2.75, 3.05) is 52.4 Å². The molecule has 1 amide bonds. The Kier molecular flexibility index (Phi) is 7.31. The molecule has 0 spiro atoms. The van der Waals surface area contributed by atoms with Gasteiger partial charge in [-0.3, -0.25) is 14.6 Å². The molecule has 0 aromatic rings. The second-order valence-corrected chi connectivity index (χ2v) is 6.96. The Morgan fingerprint density at radius 3 is 2.22 bits per heavy atom. The SMILES string of the molecule is CC.CCN1CCN(CCN2CC3CC2CC3NC(C)=O)CC1. The Balaban J connectivity index is 0.000000924. The van der Waals surface area contributed by atoms with Crippen LogP contribution < -0.4 is 5.32 Å². The van der Waals surface area contributed by atoms with E-state index in [1.165, 1.54) is 58.8 Å². The van der Waals surface area contributed by atoms with Gasteiger partial charge in [-0.2, -0.15) is 0 Å². The predicted octanol–water partition coefficient (Wildman–Crippen LogP) is 1.25. The molecule has 3 unspecified atom stereocenters. The van der Waals surface area contributed by atoms with E-state index in [0.717, 1.165) is 6.42 Å². The number of hydrogen-bond acceptors (Lipinski definition) is 4. The first-order chi connectivity index (χ1) is 11.2. The third-order valence-corrected chi connectivity index (χ3v) is 5.66. The average molecular weight is 325 g/mol. The number of fused-ring (bicyclic) bond motifs is 2. The van der Waals surface area contributed by atoms with Gasteiger partial charge in [0.15, 0.2) is 0 Å². The van der Waals surface area contributed by atoms with Crippen LogP contribution in [0.4, 0.5) is 0 Å². The van der Waals surface area contributed by atoms with Crippen molar-refractivity contribution in [3.05, 3.63) is 0 Å². The maximum Gasteiger partial charge on any atom is 0.217 e. The number of piperidine rings is 1. The van der Waals surface area contributed by atoms with Crippen molar-refractivity contribution in [3.8, 4) is 0 Å². The summed E-state index contributed by atoms with van der Waals surface area (Å²) >= 11 is 0. The molecule has 3 atom stereocenters. The zero-order valence-corrected chi connectivity index (χ0v) is 15.6. The number of nitrogens with zero attached hydrogens (tertiary/aromatic N) is 3. The molecular weight excluding hydrogens is 288 g/mol. The largest absolute Gasteiger partial charge is 0.353 e. The maximum absolute atomic E-state index is 11.2.